The fourth-order valence-electron chi connectivity index (χ4n) is 3.90. The summed E-state index contributed by atoms with van der Waals surface area (Å²) in [6, 6.07) is 14.5. The lowest BCUT2D eigenvalue weighted by molar-refractivity contribution is -0.150. The topological polar surface area (TPSA) is 67.9 Å². The third-order valence-electron chi connectivity index (χ3n) is 5.81. The van der Waals surface area contributed by atoms with Crippen LogP contribution in [-0.4, -0.2) is 54.7 Å². The highest BCUT2D eigenvalue weighted by Crippen LogP contribution is 2.51. The van der Waals surface area contributed by atoms with E-state index in [4.69, 9.17) is 9.47 Å². The molecule has 0 radical (unpaired) electrons. The van der Waals surface area contributed by atoms with Crippen LogP contribution in [0.2, 0.25) is 0 Å². The lowest BCUT2D eigenvalue weighted by Gasteiger charge is -2.54. The van der Waals surface area contributed by atoms with Crippen LogP contribution in [0.15, 0.2) is 54.6 Å². The van der Waals surface area contributed by atoms with E-state index in [1.165, 1.54) is 24.3 Å². The zero-order chi connectivity index (χ0) is 20.5. The van der Waals surface area contributed by atoms with Gasteiger partial charge in [0, 0.05) is 25.8 Å². The van der Waals surface area contributed by atoms with Gasteiger partial charge in [-0.15, -0.1) is 0 Å². The quantitative estimate of drug-likeness (QED) is 0.778. The van der Waals surface area contributed by atoms with Crippen molar-refractivity contribution in [2.24, 2.45) is 0 Å². The van der Waals surface area contributed by atoms with Crippen LogP contribution in [0, 0.1) is 5.82 Å². The van der Waals surface area contributed by atoms with E-state index in [0.29, 0.717) is 24.4 Å². The van der Waals surface area contributed by atoms with Crippen LogP contribution >= 0.6 is 0 Å². The molecular weight excluding hydrogens is 375 g/mol. The zero-order valence-electron chi connectivity index (χ0n) is 16.2. The second-order valence-corrected chi connectivity index (χ2v) is 7.59. The zero-order valence-corrected chi connectivity index (χ0v) is 16.2. The van der Waals surface area contributed by atoms with Gasteiger partial charge in [-0.25, -0.2) is 4.39 Å². The Balaban J connectivity index is 1.39. The monoisotopic (exact) mass is 398 g/mol. The minimum absolute atomic E-state index is 0.145. The minimum atomic E-state index is -0.611. The fraction of sp³-hybridized carbons (Fsp3) is 0.364. The molecule has 2 aromatic carbocycles. The molecule has 29 heavy (non-hydrogen) atoms. The van der Waals surface area contributed by atoms with E-state index in [1.54, 1.807) is 24.1 Å². The number of amides is 2. The van der Waals surface area contributed by atoms with Gasteiger partial charge in [-0.1, -0.05) is 18.2 Å². The lowest BCUT2D eigenvalue weighted by atomic mass is 9.81. The van der Waals surface area contributed by atoms with Gasteiger partial charge in [0.2, 0.25) is 0 Å². The van der Waals surface area contributed by atoms with Crippen molar-refractivity contribution in [3.63, 3.8) is 0 Å². The van der Waals surface area contributed by atoms with E-state index in [1.807, 2.05) is 18.2 Å². The highest BCUT2D eigenvalue weighted by molar-refractivity contribution is 5.95. The van der Waals surface area contributed by atoms with Crippen molar-refractivity contribution in [2.75, 3.05) is 26.8 Å². The maximum Gasteiger partial charge on any atom is 0.260 e. The molecule has 152 valence electrons. The van der Waals surface area contributed by atoms with Crippen molar-refractivity contribution in [1.82, 2.24) is 10.2 Å². The summed E-state index contributed by atoms with van der Waals surface area (Å²) in [5.74, 6) is -0.298. The summed E-state index contributed by atoms with van der Waals surface area (Å²) in [5.41, 5.74) is -0.477. The normalized spacial score (nSPS) is 18.5. The fourth-order valence-corrected chi connectivity index (χ4v) is 3.90. The molecule has 1 saturated carbocycles. The highest BCUT2D eigenvalue weighted by Gasteiger charge is 2.66. The Bertz CT molecular complexity index is 891. The number of hydrogen-bond acceptors (Lipinski definition) is 4. The number of hydrogen-bond donors (Lipinski definition) is 1. The standard InChI is InChI=1S/C22H23FN2O4/c1-28-22(11-12-22)21(24-20(27)16-5-3-2-4-6-16)14-25(15-21)19(26)13-29-18-9-7-17(23)8-10-18/h2-10H,11-15H2,1H3,(H,24,27). The molecule has 2 amide bonds. The molecule has 6 nitrogen and oxygen atoms in total. The highest BCUT2D eigenvalue weighted by atomic mass is 19.1. The van der Waals surface area contributed by atoms with E-state index >= 15 is 0 Å². The molecule has 1 aliphatic heterocycles. The van der Waals surface area contributed by atoms with Crippen molar-refractivity contribution < 1.29 is 23.5 Å². The first kappa shape index (κ1) is 19.4. The van der Waals surface area contributed by atoms with Crippen molar-refractivity contribution in [3.8, 4) is 5.75 Å². The number of rotatable bonds is 7. The first-order valence-electron chi connectivity index (χ1n) is 9.56. The van der Waals surface area contributed by atoms with Gasteiger partial charge in [0.25, 0.3) is 11.8 Å². The molecule has 1 aliphatic carbocycles. The Kier molecular flexibility index (Phi) is 5.00. The third kappa shape index (κ3) is 3.70. The smallest absolute Gasteiger partial charge is 0.260 e. The van der Waals surface area contributed by atoms with Gasteiger partial charge in [-0.2, -0.15) is 0 Å². The predicted octanol–water partition coefficient (Wildman–Crippen LogP) is 2.39. The molecule has 0 atom stereocenters. The number of carbonyl (C=O) groups excluding carboxylic acids is 2. The van der Waals surface area contributed by atoms with Gasteiger partial charge >= 0.3 is 0 Å². The lowest BCUT2D eigenvalue weighted by Crippen LogP contribution is -2.78. The van der Waals surface area contributed by atoms with Crippen molar-refractivity contribution in [2.45, 2.75) is 24.0 Å². The Morgan fingerprint density at radius 1 is 1.07 bits per heavy atom. The van der Waals surface area contributed by atoms with Gasteiger partial charge in [-0.3, -0.25) is 9.59 Å². The molecule has 2 fully saturated rings. The Labute approximate surface area is 168 Å². The summed E-state index contributed by atoms with van der Waals surface area (Å²) in [6.07, 6.45) is 1.68. The number of likely N-dealkylation sites (tertiary alicyclic amines) is 1. The van der Waals surface area contributed by atoms with E-state index in [2.05, 4.69) is 5.32 Å². The molecule has 0 spiro atoms. The second-order valence-electron chi connectivity index (χ2n) is 7.59. The molecule has 2 aliphatic rings. The average Bonchev–Trinajstić information content (AvgIpc) is 3.52. The van der Waals surface area contributed by atoms with Crippen molar-refractivity contribution in [1.29, 1.82) is 0 Å². The van der Waals surface area contributed by atoms with Crippen LogP contribution < -0.4 is 10.1 Å². The first-order valence-corrected chi connectivity index (χ1v) is 9.56. The van der Waals surface area contributed by atoms with Crippen LogP contribution in [0.3, 0.4) is 0 Å². The maximum atomic E-state index is 13.0. The molecule has 4 rings (SSSR count). The SMILES string of the molecule is COC1(C2(NC(=O)c3ccccc3)CN(C(=O)COc3ccc(F)cc3)C2)CC1. The van der Waals surface area contributed by atoms with E-state index in [-0.39, 0.29) is 24.2 Å². The third-order valence-corrected chi connectivity index (χ3v) is 5.81. The predicted molar refractivity (Wildman–Crippen MR) is 104 cm³/mol. The minimum Gasteiger partial charge on any atom is -0.484 e. The average molecular weight is 398 g/mol. The summed E-state index contributed by atoms with van der Waals surface area (Å²) in [7, 11) is 1.64. The molecule has 1 saturated heterocycles. The van der Waals surface area contributed by atoms with Gasteiger partial charge in [-0.05, 0) is 49.2 Å². The number of ether oxygens (including phenoxy) is 2. The van der Waals surface area contributed by atoms with Crippen LogP contribution in [0.1, 0.15) is 23.2 Å². The number of carbonyl (C=O) groups is 2. The molecule has 7 heteroatoms. The molecule has 0 bridgehead atoms. The number of nitrogens with zero attached hydrogens (tertiary/aromatic N) is 1. The summed E-state index contributed by atoms with van der Waals surface area (Å²) in [6.45, 7) is 0.588. The Morgan fingerprint density at radius 3 is 2.31 bits per heavy atom. The van der Waals surface area contributed by atoms with Gasteiger partial charge in [0.1, 0.15) is 17.1 Å². The Hall–Kier alpha value is -2.93. The van der Waals surface area contributed by atoms with Crippen molar-refractivity contribution >= 4 is 11.8 Å². The van der Waals surface area contributed by atoms with E-state index in [0.717, 1.165) is 12.8 Å². The number of methoxy groups -OCH3 is 1. The summed E-state index contributed by atoms with van der Waals surface area (Å²) in [4.78, 5) is 26.9. The first-order chi connectivity index (χ1) is 14.0. The number of halogens is 1. The molecule has 1 N–H and O–H groups in total. The molecule has 0 unspecified atom stereocenters. The summed E-state index contributed by atoms with van der Waals surface area (Å²) < 4.78 is 24.2. The molecule has 0 aromatic heterocycles. The number of nitrogens with one attached hydrogen (secondary N) is 1. The van der Waals surface area contributed by atoms with E-state index in [9.17, 15) is 14.0 Å². The molecule has 2 aromatic rings. The van der Waals surface area contributed by atoms with Crippen LogP contribution in [0.25, 0.3) is 0 Å². The van der Waals surface area contributed by atoms with Gasteiger partial charge < -0.3 is 19.7 Å². The largest absolute Gasteiger partial charge is 0.484 e. The molecule has 1 heterocycles. The van der Waals surface area contributed by atoms with Crippen LogP contribution in [0.4, 0.5) is 4.39 Å². The maximum absolute atomic E-state index is 13.0. The second kappa shape index (κ2) is 7.48. The summed E-state index contributed by atoms with van der Waals surface area (Å²) >= 11 is 0. The Morgan fingerprint density at radius 2 is 1.72 bits per heavy atom. The van der Waals surface area contributed by atoms with Crippen LogP contribution in [0.5, 0.6) is 5.75 Å². The van der Waals surface area contributed by atoms with E-state index < -0.39 is 11.1 Å². The van der Waals surface area contributed by atoms with Gasteiger partial charge in [0.15, 0.2) is 6.61 Å². The molecular formula is C22H23FN2O4. The number of benzene rings is 2. The summed E-state index contributed by atoms with van der Waals surface area (Å²) in [5, 5.41) is 3.12. The van der Waals surface area contributed by atoms with Crippen molar-refractivity contribution in [3.05, 3.63) is 66.0 Å². The van der Waals surface area contributed by atoms with Gasteiger partial charge in [0.05, 0.1) is 5.60 Å². The van der Waals surface area contributed by atoms with Crippen LogP contribution in [-0.2, 0) is 9.53 Å².